The fourth-order valence-corrected chi connectivity index (χ4v) is 2.12. The van der Waals surface area contributed by atoms with Crippen LogP contribution in [0.3, 0.4) is 0 Å². The number of rotatable bonds is 4. The third kappa shape index (κ3) is 3.89. The lowest BCUT2D eigenvalue weighted by Crippen LogP contribution is -2.19. The molecule has 1 atom stereocenters. The van der Waals surface area contributed by atoms with Crippen LogP contribution < -0.4 is 10.5 Å². The third-order valence-corrected chi connectivity index (χ3v) is 3.27. The van der Waals surface area contributed by atoms with Crippen molar-refractivity contribution in [2.75, 3.05) is 6.54 Å². The number of alkyl halides is 3. The molecule has 0 aromatic heterocycles. The van der Waals surface area contributed by atoms with Gasteiger partial charge in [0, 0.05) is 17.1 Å². The van der Waals surface area contributed by atoms with E-state index < -0.39 is 17.8 Å². The maximum atomic E-state index is 12.5. The van der Waals surface area contributed by atoms with Crippen LogP contribution in [0, 0.1) is 0 Å². The van der Waals surface area contributed by atoms with Crippen molar-refractivity contribution >= 4 is 11.6 Å². The Hall–Kier alpha value is -1.72. The molecule has 2 aromatic rings. The van der Waals surface area contributed by atoms with Crippen molar-refractivity contribution in [3.8, 4) is 5.75 Å². The average Bonchev–Trinajstić information content (AvgIpc) is 2.45. The van der Waals surface area contributed by atoms with Crippen LogP contribution in [0.15, 0.2) is 48.5 Å². The molecule has 0 saturated carbocycles. The molecular formula is C15H13ClF3NO. The Balaban J connectivity index is 2.18. The second-order valence-corrected chi connectivity index (χ2v) is 4.79. The van der Waals surface area contributed by atoms with Gasteiger partial charge in [-0.3, -0.25) is 0 Å². The molecule has 0 aliphatic heterocycles. The number of nitrogens with two attached hydrogens (primary N) is 1. The molecule has 0 aliphatic carbocycles. The van der Waals surface area contributed by atoms with Gasteiger partial charge in [0.15, 0.2) is 0 Å². The molecule has 2 aromatic carbocycles. The van der Waals surface area contributed by atoms with Crippen molar-refractivity contribution in [3.63, 3.8) is 0 Å². The van der Waals surface area contributed by atoms with Crippen molar-refractivity contribution in [3.05, 3.63) is 64.7 Å². The van der Waals surface area contributed by atoms with Crippen LogP contribution in [0.1, 0.15) is 17.2 Å². The van der Waals surface area contributed by atoms with E-state index in [1.807, 2.05) is 0 Å². The largest absolute Gasteiger partial charge is 0.484 e. The van der Waals surface area contributed by atoms with Gasteiger partial charge in [-0.2, -0.15) is 13.2 Å². The zero-order valence-corrected chi connectivity index (χ0v) is 11.7. The molecule has 0 fully saturated rings. The SMILES string of the molecule is NCC(Oc1ccc(C(F)(F)F)cc1)c1ccccc1Cl. The maximum absolute atomic E-state index is 12.5. The average molecular weight is 316 g/mol. The lowest BCUT2D eigenvalue weighted by molar-refractivity contribution is -0.137. The molecule has 21 heavy (non-hydrogen) atoms. The van der Waals surface area contributed by atoms with Crippen LogP contribution >= 0.6 is 11.6 Å². The lowest BCUT2D eigenvalue weighted by Gasteiger charge is -2.19. The summed E-state index contributed by atoms with van der Waals surface area (Å²) in [5.41, 5.74) is 5.63. The summed E-state index contributed by atoms with van der Waals surface area (Å²) in [5.74, 6) is 0.304. The summed E-state index contributed by atoms with van der Waals surface area (Å²) in [5, 5.41) is 0.500. The molecule has 0 aliphatic rings. The molecule has 6 heteroatoms. The first-order chi connectivity index (χ1) is 9.91. The number of halogens is 4. The van der Waals surface area contributed by atoms with E-state index in [1.165, 1.54) is 12.1 Å². The highest BCUT2D eigenvalue weighted by molar-refractivity contribution is 6.31. The van der Waals surface area contributed by atoms with E-state index in [9.17, 15) is 13.2 Å². The van der Waals surface area contributed by atoms with Gasteiger partial charge in [-0.25, -0.2) is 0 Å². The predicted octanol–water partition coefficient (Wildman–Crippen LogP) is 4.44. The van der Waals surface area contributed by atoms with E-state index in [0.717, 1.165) is 12.1 Å². The van der Waals surface area contributed by atoms with Crippen molar-refractivity contribution in [1.82, 2.24) is 0 Å². The summed E-state index contributed by atoms with van der Waals surface area (Å²) in [4.78, 5) is 0. The fourth-order valence-electron chi connectivity index (χ4n) is 1.86. The molecular weight excluding hydrogens is 303 g/mol. The topological polar surface area (TPSA) is 35.2 Å². The molecule has 0 bridgehead atoms. The third-order valence-electron chi connectivity index (χ3n) is 2.93. The van der Waals surface area contributed by atoms with Gasteiger partial charge in [0.05, 0.1) is 5.56 Å². The second kappa shape index (κ2) is 6.37. The van der Waals surface area contributed by atoms with Gasteiger partial charge < -0.3 is 10.5 Å². The Labute approximate surface area is 125 Å². The van der Waals surface area contributed by atoms with E-state index >= 15 is 0 Å². The maximum Gasteiger partial charge on any atom is 0.416 e. The Kier molecular flexibility index (Phi) is 4.75. The van der Waals surface area contributed by atoms with Crippen LogP contribution in [-0.4, -0.2) is 6.54 Å². The minimum atomic E-state index is -4.37. The van der Waals surface area contributed by atoms with Crippen LogP contribution in [0.4, 0.5) is 13.2 Å². The molecule has 0 spiro atoms. The molecule has 0 radical (unpaired) electrons. The van der Waals surface area contributed by atoms with E-state index in [-0.39, 0.29) is 6.54 Å². The van der Waals surface area contributed by atoms with E-state index in [1.54, 1.807) is 24.3 Å². The van der Waals surface area contributed by atoms with Crippen LogP contribution in [0.5, 0.6) is 5.75 Å². The summed E-state index contributed by atoms with van der Waals surface area (Å²) in [6.07, 6.45) is -4.88. The summed E-state index contributed by atoms with van der Waals surface area (Å²) in [6, 6.07) is 11.5. The first kappa shape index (κ1) is 15.7. The first-order valence-electron chi connectivity index (χ1n) is 6.20. The minimum Gasteiger partial charge on any atom is -0.484 e. The standard InChI is InChI=1S/C15H13ClF3NO/c16-13-4-2-1-3-12(13)14(9-20)21-11-7-5-10(6-8-11)15(17,18)19/h1-8,14H,9,20H2. The van der Waals surface area contributed by atoms with Crippen molar-refractivity contribution < 1.29 is 17.9 Å². The van der Waals surface area contributed by atoms with Crippen molar-refractivity contribution in [2.45, 2.75) is 12.3 Å². The highest BCUT2D eigenvalue weighted by Gasteiger charge is 2.30. The summed E-state index contributed by atoms with van der Waals surface area (Å²) in [6.45, 7) is 0.157. The minimum absolute atomic E-state index is 0.157. The molecule has 0 amide bonds. The zero-order valence-electron chi connectivity index (χ0n) is 10.9. The molecule has 2 nitrogen and oxygen atoms in total. The van der Waals surface area contributed by atoms with Gasteiger partial charge in [0.25, 0.3) is 0 Å². The van der Waals surface area contributed by atoms with E-state index in [0.29, 0.717) is 16.3 Å². The van der Waals surface area contributed by atoms with Crippen LogP contribution in [0.25, 0.3) is 0 Å². The van der Waals surface area contributed by atoms with Gasteiger partial charge in [-0.15, -0.1) is 0 Å². The molecule has 0 heterocycles. The summed E-state index contributed by atoms with van der Waals surface area (Å²) in [7, 11) is 0. The van der Waals surface area contributed by atoms with Gasteiger partial charge >= 0.3 is 6.18 Å². The Morgan fingerprint density at radius 3 is 2.19 bits per heavy atom. The van der Waals surface area contributed by atoms with Gasteiger partial charge in [-0.05, 0) is 30.3 Å². The van der Waals surface area contributed by atoms with Gasteiger partial charge in [-0.1, -0.05) is 29.8 Å². The summed E-state index contributed by atoms with van der Waals surface area (Å²) >= 11 is 6.06. The zero-order chi connectivity index (χ0) is 15.5. The Morgan fingerprint density at radius 1 is 1.05 bits per heavy atom. The lowest BCUT2D eigenvalue weighted by atomic mass is 10.1. The smallest absolute Gasteiger partial charge is 0.416 e. The van der Waals surface area contributed by atoms with E-state index in [4.69, 9.17) is 22.1 Å². The highest BCUT2D eigenvalue weighted by Crippen LogP contribution is 2.32. The predicted molar refractivity (Wildman–Crippen MR) is 75.3 cm³/mol. The number of hydrogen-bond donors (Lipinski definition) is 1. The number of hydrogen-bond acceptors (Lipinski definition) is 2. The quantitative estimate of drug-likeness (QED) is 0.905. The van der Waals surface area contributed by atoms with Crippen molar-refractivity contribution in [2.24, 2.45) is 5.73 Å². The first-order valence-corrected chi connectivity index (χ1v) is 6.58. The monoisotopic (exact) mass is 315 g/mol. The Bertz CT molecular complexity index is 599. The molecule has 0 saturated heterocycles. The van der Waals surface area contributed by atoms with Gasteiger partial charge in [0.2, 0.25) is 0 Å². The molecule has 1 unspecified atom stereocenters. The molecule has 2 rings (SSSR count). The fraction of sp³-hybridized carbons (Fsp3) is 0.200. The van der Waals surface area contributed by atoms with Crippen molar-refractivity contribution in [1.29, 1.82) is 0 Å². The summed E-state index contributed by atoms with van der Waals surface area (Å²) < 4.78 is 43.1. The van der Waals surface area contributed by atoms with Gasteiger partial charge in [0.1, 0.15) is 11.9 Å². The Morgan fingerprint density at radius 2 is 1.67 bits per heavy atom. The number of benzene rings is 2. The molecule has 2 N–H and O–H groups in total. The van der Waals surface area contributed by atoms with E-state index in [2.05, 4.69) is 0 Å². The van der Waals surface area contributed by atoms with Crippen LogP contribution in [-0.2, 0) is 6.18 Å². The highest BCUT2D eigenvalue weighted by atomic mass is 35.5. The normalized spacial score (nSPS) is 13.0. The van der Waals surface area contributed by atoms with Crippen LogP contribution in [0.2, 0.25) is 5.02 Å². The number of ether oxygens (including phenoxy) is 1. The molecule has 112 valence electrons. The second-order valence-electron chi connectivity index (χ2n) is 4.39.